The van der Waals surface area contributed by atoms with Crippen LogP contribution in [0.15, 0.2) is 23.3 Å². The molecule has 6 nitrogen and oxygen atoms in total. The van der Waals surface area contributed by atoms with Gasteiger partial charge in [0.25, 0.3) is 0 Å². The molecular weight excluding hydrogens is 346 g/mol. The minimum atomic E-state index is 0.274. The highest BCUT2D eigenvalue weighted by atomic mass is 32.2. The molecule has 1 aromatic heterocycles. The summed E-state index contributed by atoms with van der Waals surface area (Å²) in [6.45, 7) is 13.7. The molecule has 2 aliphatic heterocycles. The fraction of sp³-hybridized carbons (Fsp3) is 0.684. The van der Waals surface area contributed by atoms with Gasteiger partial charge in [0.2, 0.25) is 0 Å². The molecule has 26 heavy (non-hydrogen) atoms. The second-order valence-corrected chi connectivity index (χ2v) is 9.13. The Bertz CT molecular complexity index is 598. The largest absolute Gasteiger partial charge is 0.378 e. The van der Waals surface area contributed by atoms with E-state index in [1.54, 1.807) is 0 Å². The maximum absolute atomic E-state index is 5.40. The van der Waals surface area contributed by atoms with Gasteiger partial charge in [0.1, 0.15) is 5.82 Å². The van der Waals surface area contributed by atoms with E-state index in [-0.39, 0.29) is 4.75 Å². The third-order valence-corrected chi connectivity index (χ3v) is 5.91. The smallest absolute Gasteiger partial charge is 0.194 e. The fourth-order valence-electron chi connectivity index (χ4n) is 3.28. The first-order valence-electron chi connectivity index (χ1n) is 9.52. The summed E-state index contributed by atoms with van der Waals surface area (Å²) in [5.74, 6) is 3.19. The Morgan fingerprint density at radius 2 is 2.12 bits per heavy atom. The lowest BCUT2D eigenvalue weighted by molar-refractivity contribution is 0.122. The summed E-state index contributed by atoms with van der Waals surface area (Å²) in [6.07, 6.45) is 1.95. The number of rotatable bonds is 4. The van der Waals surface area contributed by atoms with Crippen molar-refractivity contribution in [2.75, 3.05) is 56.6 Å². The van der Waals surface area contributed by atoms with Gasteiger partial charge in [-0.05, 0) is 32.4 Å². The average Bonchev–Trinajstić information content (AvgIpc) is 2.65. The molecule has 0 spiro atoms. The Morgan fingerprint density at radius 3 is 2.77 bits per heavy atom. The van der Waals surface area contributed by atoms with Gasteiger partial charge < -0.3 is 19.9 Å². The first-order valence-corrected chi connectivity index (χ1v) is 10.5. The predicted octanol–water partition coefficient (Wildman–Crippen LogP) is 2.21. The van der Waals surface area contributed by atoms with Gasteiger partial charge in [-0.1, -0.05) is 6.07 Å². The Balaban J connectivity index is 1.63. The molecule has 0 atom stereocenters. The topological polar surface area (TPSA) is 53.0 Å². The number of ether oxygens (including phenoxy) is 1. The highest BCUT2D eigenvalue weighted by Crippen LogP contribution is 2.29. The molecule has 7 heteroatoms. The molecule has 0 radical (unpaired) electrons. The van der Waals surface area contributed by atoms with E-state index in [0.29, 0.717) is 6.54 Å². The SMILES string of the molecule is CCNC(=NCc1ccc(N2CCOCC2)nc1)N1CCSC(C)(C)C1. The van der Waals surface area contributed by atoms with Gasteiger partial charge in [-0.25, -0.2) is 9.98 Å². The molecule has 2 saturated heterocycles. The molecule has 3 heterocycles. The number of nitrogens with zero attached hydrogens (tertiary/aromatic N) is 4. The zero-order valence-corrected chi connectivity index (χ0v) is 17.0. The second kappa shape index (κ2) is 8.95. The number of hydrogen-bond acceptors (Lipinski definition) is 5. The van der Waals surface area contributed by atoms with Gasteiger partial charge in [-0.3, -0.25) is 0 Å². The van der Waals surface area contributed by atoms with Crippen LogP contribution in [0.3, 0.4) is 0 Å². The molecule has 3 rings (SSSR count). The second-order valence-electron chi connectivity index (χ2n) is 7.32. The van der Waals surface area contributed by atoms with Crippen LogP contribution in [0.1, 0.15) is 26.3 Å². The Hall–Kier alpha value is -1.47. The summed E-state index contributed by atoms with van der Waals surface area (Å²) >= 11 is 2.04. The van der Waals surface area contributed by atoms with E-state index in [1.807, 2.05) is 18.0 Å². The van der Waals surface area contributed by atoms with Crippen molar-refractivity contribution < 1.29 is 4.74 Å². The number of guanidine groups is 1. The van der Waals surface area contributed by atoms with Gasteiger partial charge in [-0.2, -0.15) is 11.8 Å². The molecule has 0 saturated carbocycles. The van der Waals surface area contributed by atoms with Crippen molar-refractivity contribution in [1.82, 2.24) is 15.2 Å². The Morgan fingerprint density at radius 1 is 1.31 bits per heavy atom. The van der Waals surface area contributed by atoms with E-state index in [1.165, 1.54) is 0 Å². The summed E-state index contributed by atoms with van der Waals surface area (Å²) < 4.78 is 5.68. The average molecular weight is 378 g/mol. The van der Waals surface area contributed by atoms with Crippen molar-refractivity contribution >= 4 is 23.5 Å². The highest BCUT2D eigenvalue weighted by molar-refractivity contribution is 8.00. The molecule has 0 aromatic carbocycles. The van der Waals surface area contributed by atoms with Gasteiger partial charge >= 0.3 is 0 Å². The molecule has 2 fully saturated rings. The normalized spacial score (nSPS) is 21.0. The molecule has 1 N–H and O–H groups in total. The number of nitrogens with one attached hydrogen (secondary N) is 1. The third kappa shape index (κ3) is 5.27. The summed E-state index contributed by atoms with van der Waals surface area (Å²) in [5.41, 5.74) is 1.14. The van der Waals surface area contributed by atoms with Gasteiger partial charge in [0.05, 0.1) is 19.8 Å². The summed E-state index contributed by atoms with van der Waals surface area (Å²) in [7, 11) is 0. The molecule has 144 valence electrons. The third-order valence-electron chi connectivity index (χ3n) is 4.62. The van der Waals surface area contributed by atoms with E-state index in [4.69, 9.17) is 9.73 Å². The van der Waals surface area contributed by atoms with Crippen molar-refractivity contribution in [3.63, 3.8) is 0 Å². The van der Waals surface area contributed by atoms with Gasteiger partial charge in [0, 0.05) is 49.4 Å². The minimum absolute atomic E-state index is 0.274. The van der Waals surface area contributed by atoms with Crippen LogP contribution in [0.4, 0.5) is 5.82 Å². The lowest BCUT2D eigenvalue weighted by Crippen LogP contribution is -2.50. The summed E-state index contributed by atoms with van der Waals surface area (Å²) in [5, 5.41) is 3.45. The predicted molar refractivity (Wildman–Crippen MR) is 110 cm³/mol. The molecule has 0 unspecified atom stereocenters. The number of pyridine rings is 1. The van der Waals surface area contributed by atoms with Crippen LogP contribution in [0, 0.1) is 0 Å². The molecule has 0 amide bonds. The number of anilines is 1. The number of aliphatic imine (C=N–C) groups is 1. The quantitative estimate of drug-likeness (QED) is 0.641. The van der Waals surface area contributed by atoms with E-state index in [9.17, 15) is 0 Å². The van der Waals surface area contributed by atoms with Crippen molar-refractivity contribution in [2.45, 2.75) is 32.1 Å². The van der Waals surface area contributed by atoms with Gasteiger partial charge in [-0.15, -0.1) is 0 Å². The van der Waals surface area contributed by atoms with Crippen LogP contribution in [-0.4, -0.2) is 72.3 Å². The van der Waals surface area contributed by atoms with Crippen LogP contribution >= 0.6 is 11.8 Å². The number of aromatic nitrogens is 1. The molecular formula is C19H31N5OS. The Labute approximate surface area is 161 Å². The van der Waals surface area contributed by atoms with E-state index >= 15 is 0 Å². The van der Waals surface area contributed by atoms with Crippen LogP contribution in [0.2, 0.25) is 0 Å². The van der Waals surface area contributed by atoms with Gasteiger partial charge in [0.15, 0.2) is 5.96 Å². The lowest BCUT2D eigenvalue weighted by atomic mass is 10.2. The highest BCUT2D eigenvalue weighted by Gasteiger charge is 2.28. The zero-order chi connectivity index (χ0) is 18.4. The van der Waals surface area contributed by atoms with Crippen molar-refractivity contribution in [2.24, 2.45) is 4.99 Å². The van der Waals surface area contributed by atoms with Crippen molar-refractivity contribution in [3.8, 4) is 0 Å². The van der Waals surface area contributed by atoms with Crippen molar-refractivity contribution in [3.05, 3.63) is 23.9 Å². The maximum atomic E-state index is 5.40. The van der Waals surface area contributed by atoms with Crippen LogP contribution in [0.25, 0.3) is 0 Å². The van der Waals surface area contributed by atoms with Crippen molar-refractivity contribution in [1.29, 1.82) is 0 Å². The number of morpholine rings is 1. The first-order chi connectivity index (χ1) is 12.6. The number of hydrogen-bond donors (Lipinski definition) is 1. The zero-order valence-electron chi connectivity index (χ0n) is 16.2. The molecule has 0 bridgehead atoms. The lowest BCUT2D eigenvalue weighted by Gasteiger charge is -2.39. The maximum Gasteiger partial charge on any atom is 0.194 e. The minimum Gasteiger partial charge on any atom is -0.378 e. The molecule has 2 aliphatic rings. The van der Waals surface area contributed by atoms with Crippen LogP contribution in [-0.2, 0) is 11.3 Å². The number of thioether (sulfide) groups is 1. The Kier molecular flexibility index (Phi) is 6.64. The monoisotopic (exact) mass is 377 g/mol. The standard InChI is InChI=1S/C19H31N5OS/c1-4-20-18(24-9-12-26-19(2,3)15-24)22-14-16-5-6-17(21-13-16)23-7-10-25-11-8-23/h5-6,13H,4,7-12,14-15H2,1-3H3,(H,20,22). The molecule has 1 aromatic rings. The fourth-order valence-corrected chi connectivity index (χ4v) is 4.39. The van der Waals surface area contributed by atoms with Crippen LogP contribution < -0.4 is 10.2 Å². The molecule has 0 aliphatic carbocycles. The summed E-state index contributed by atoms with van der Waals surface area (Å²) in [4.78, 5) is 14.1. The summed E-state index contributed by atoms with van der Waals surface area (Å²) in [6, 6.07) is 4.24. The van der Waals surface area contributed by atoms with E-state index < -0.39 is 0 Å². The van der Waals surface area contributed by atoms with E-state index in [2.05, 4.69) is 53.0 Å². The van der Waals surface area contributed by atoms with Crippen LogP contribution in [0.5, 0.6) is 0 Å². The first kappa shape index (κ1) is 19.3. The van der Waals surface area contributed by atoms with E-state index in [0.717, 1.165) is 69.0 Å².